The molecule has 0 fully saturated rings. The van der Waals surface area contributed by atoms with Crippen molar-refractivity contribution in [2.24, 2.45) is 0 Å². The molecule has 1 aromatic heterocycles. The molecule has 15 heavy (non-hydrogen) atoms. The Morgan fingerprint density at radius 1 is 1.47 bits per heavy atom. The van der Waals surface area contributed by atoms with Gasteiger partial charge in [-0.2, -0.15) is 0 Å². The average Bonchev–Trinajstić information content (AvgIpc) is 2.20. The number of aromatic amines is 1. The lowest BCUT2D eigenvalue weighted by molar-refractivity contribution is -0.113. The molecule has 0 amide bonds. The average molecular weight is 209 g/mol. The SMILES string of the molecule is CC1=c2c(F)c(O)c(=O)[nH]c2=CCC1=O. The molecule has 1 aliphatic carbocycles. The summed E-state index contributed by atoms with van der Waals surface area (Å²) in [4.78, 5) is 24.7. The van der Waals surface area contributed by atoms with E-state index in [0.717, 1.165) is 0 Å². The number of rotatable bonds is 0. The van der Waals surface area contributed by atoms with Gasteiger partial charge in [-0.15, -0.1) is 0 Å². The normalized spacial score (nSPS) is 14.8. The third-order valence-corrected chi connectivity index (χ3v) is 2.44. The van der Waals surface area contributed by atoms with Crippen LogP contribution >= 0.6 is 0 Å². The third kappa shape index (κ3) is 1.27. The van der Waals surface area contributed by atoms with Crippen molar-refractivity contribution >= 4 is 17.4 Å². The fraction of sp³-hybridized carbons (Fsp3) is 0.200. The van der Waals surface area contributed by atoms with Gasteiger partial charge in [0.1, 0.15) is 0 Å². The summed E-state index contributed by atoms with van der Waals surface area (Å²) in [6.07, 6.45) is 1.58. The summed E-state index contributed by atoms with van der Waals surface area (Å²) in [5.41, 5.74) is -0.666. The van der Waals surface area contributed by atoms with Crippen molar-refractivity contribution in [3.05, 3.63) is 26.7 Å². The van der Waals surface area contributed by atoms with Crippen LogP contribution in [0.25, 0.3) is 11.6 Å². The van der Waals surface area contributed by atoms with E-state index < -0.39 is 17.1 Å². The van der Waals surface area contributed by atoms with Crippen LogP contribution in [0.15, 0.2) is 4.79 Å². The van der Waals surface area contributed by atoms with Crippen LogP contribution < -0.4 is 16.1 Å². The maximum atomic E-state index is 13.5. The lowest BCUT2D eigenvalue weighted by Gasteiger charge is -2.06. The van der Waals surface area contributed by atoms with Crippen molar-refractivity contribution in [2.45, 2.75) is 13.3 Å². The van der Waals surface area contributed by atoms with E-state index in [4.69, 9.17) is 5.11 Å². The summed E-state index contributed by atoms with van der Waals surface area (Å²) < 4.78 is 13.5. The van der Waals surface area contributed by atoms with Gasteiger partial charge < -0.3 is 10.1 Å². The van der Waals surface area contributed by atoms with Gasteiger partial charge in [0.15, 0.2) is 11.6 Å². The molecule has 0 atom stereocenters. The van der Waals surface area contributed by atoms with Crippen LogP contribution in [0.4, 0.5) is 4.39 Å². The Balaban J connectivity index is 3.10. The number of hydrogen-bond acceptors (Lipinski definition) is 3. The molecule has 2 N–H and O–H groups in total. The van der Waals surface area contributed by atoms with Crippen molar-refractivity contribution in [2.75, 3.05) is 0 Å². The molecular formula is C10H8FNO3. The number of halogens is 1. The highest BCUT2D eigenvalue weighted by molar-refractivity contribution is 6.16. The highest BCUT2D eigenvalue weighted by Gasteiger charge is 2.16. The molecule has 0 unspecified atom stereocenters. The molecule has 78 valence electrons. The summed E-state index contributed by atoms with van der Waals surface area (Å²) in [7, 11) is 0. The molecule has 0 saturated carbocycles. The van der Waals surface area contributed by atoms with E-state index in [1.165, 1.54) is 13.0 Å². The fourth-order valence-electron chi connectivity index (χ4n) is 1.59. The number of nitrogens with one attached hydrogen (secondary N) is 1. The second kappa shape index (κ2) is 3.05. The zero-order valence-electron chi connectivity index (χ0n) is 7.93. The molecule has 4 nitrogen and oxygen atoms in total. The molecule has 0 spiro atoms. The Kier molecular flexibility index (Phi) is 1.96. The molecule has 5 heteroatoms. The zero-order chi connectivity index (χ0) is 11.2. The van der Waals surface area contributed by atoms with Crippen LogP contribution in [-0.2, 0) is 4.79 Å². The zero-order valence-corrected chi connectivity index (χ0v) is 7.93. The monoisotopic (exact) mass is 209 g/mol. The molecule has 1 heterocycles. The summed E-state index contributed by atoms with van der Waals surface area (Å²) in [5.74, 6) is -2.22. The minimum absolute atomic E-state index is 0.0108. The molecular weight excluding hydrogens is 201 g/mol. The minimum atomic E-state index is -1.03. The van der Waals surface area contributed by atoms with E-state index in [1.54, 1.807) is 0 Å². The van der Waals surface area contributed by atoms with Gasteiger partial charge in [0.2, 0.25) is 5.75 Å². The number of pyridine rings is 1. The molecule has 0 saturated heterocycles. The van der Waals surface area contributed by atoms with Gasteiger partial charge in [-0.3, -0.25) is 9.59 Å². The second-order valence-corrected chi connectivity index (χ2v) is 3.36. The predicted octanol–water partition coefficient (Wildman–Crippen LogP) is -0.857. The van der Waals surface area contributed by atoms with Gasteiger partial charge in [-0.25, -0.2) is 4.39 Å². The minimum Gasteiger partial charge on any atom is -0.501 e. The Hall–Kier alpha value is -1.91. The first-order chi connectivity index (χ1) is 7.02. The van der Waals surface area contributed by atoms with E-state index in [-0.39, 0.29) is 28.3 Å². The summed E-state index contributed by atoms with van der Waals surface area (Å²) >= 11 is 0. The Labute approximate surface area is 83.4 Å². The van der Waals surface area contributed by atoms with Crippen LogP contribution in [0.3, 0.4) is 0 Å². The van der Waals surface area contributed by atoms with Gasteiger partial charge in [0.05, 0.1) is 0 Å². The summed E-state index contributed by atoms with van der Waals surface area (Å²) in [5, 5.41) is 9.36. The lowest BCUT2D eigenvalue weighted by Crippen LogP contribution is -2.41. The number of aromatic nitrogens is 1. The largest absolute Gasteiger partial charge is 0.501 e. The van der Waals surface area contributed by atoms with Crippen LogP contribution in [-0.4, -0.2) is 15.9 Å². The maximum absolute atomic E-state index is 13.5. The quantitative estimate of drug-likeness (QED) is 0.584. The standard InChI is InChI=1S/C10H8FNO3/c1-4-6(13)3-2-5-7(4)8(11)9(14)10(15)12-5/h2,14H,3H2,1H3,(H,12,15). The van der Waals surface area contributed by atoms with E-state index >= 15 is 0 Å². The van der Waals surface area contributed by atoms with E-state index in [2.05, 4.69) is 4.98 Å². The summed E-state index contributed by atoms with van der Waals surface area (Å²) in [6, 6.07) is 0. The Morgan fingerprint density at radius 3 is 2.80 bits per heavy atom. The first-order valence-electron chi connectivity index (χ1n) is 4.37. The molecule has 0 radical (unpaired) electrons. The van der Waals surface area contributed by atoms with Gasteiger partial charge in [0.25, 0.3) is 5.56 Å². The number of H-pyrrole nitrogens is 1. The van der Waals surface area contributed by atoms with E-state index in [0.29, 0.717) is 0 Å². The number of fused-ring (bicyclic) bond motifs is 1. The van der Waals surface area contributed by atoms with Crippen molar-refractivity contribution in [1.29, 1.82) is 0 Å². The smallest absolute Gasteiger partial charge is 0.293 e. The Bertz CT molecular complexity index is 627. The first kappa shape index (κ1) is 9.64. The van der Waals surface area contributed by atoms with E-state index in [1.807, 2.05) is 0 Å². The van der Waals surface area contributed by atoms with Crippen LogP contribution in [0.5, 0.6) is 5.75 Å². The number of Topliss-reactive ketones (excluding diaryl/α,β-unsaturated/α-hetero) is 1. The van der Waals surface area contributed by atoms with Gasteiger partial charge in [-0.05, 0) is 6.92 Å². The van der Waals surface area contributed by atoms with Crippen molar-refractivity contribution < 1.29 is 14.3 Å². The molecule has 0 aromatic carbocycles. The highest BCUT2D eigenvalue weighted by atomic mass is 19.1. The number of hydrogen-bond donors (Lipinski definition) is 2. The predicted molar refractivity (Wildman–Crippen MR) is 51.1 cm³/mol. The van der Waals surface area contributed by atoms with Gasteiger partial charge in [0, 0.05) is 22.6 Å². The Morgan fingerprint density at radius 2 is 2.13 bits per heavy atom. The summed E-state index contributed by atoms with van der Waals surface area (Å²) in [6.45, 7) is 1.47. The van der Waals surface area contributed by atoms with Gasteiger partial charge in [-0.1, -0.05) is 6.08 Å². The van der Waals surface area contributed by atoms with Crippen LogP contribution in [0.2, 0.25) is 0 Å². The maximum Gasteiger partial charge on any atom is 0.293 e. The lowest BCUT2D eigenvalue weighted by atomic mass is 10.0. The number of carbonyl (C=O) groups is 1. The van der Waals surface area contributed by atoms with Crippen molar-refractivity contribution in [1.82, 2.24) is 4.98 Å². The van der Waals surface area contributed by atoms with Gasteiger partial charge >= 0.3 is 0 Å². The molecule has 1 aromatic rings. The fourth-order valence-corrected chi connectivity index (χ4v) is 1.59. The molecule has 0 aliphatic heterocycles. The third-order valence-electron chi connectivity index (χ3n) is 2.44. The molecule has 2 rings (SSSR count). The highest BCUT2D eigenvalue weighted by Crippen LogP contribution is 2.06. The second-order valence-electron chi connectivity index (χ2n) is 3.36. The molecule has 1 aliphatic rings. The number of ketones is 1. The van der Waals surface area contributed by atoms with Crippen molar-refractivity contribution in [3.8, 4) is 5.75 Å². The molecule has 0 bridgehead atoms. The first-order valence-corrected chi connectivity index (χ1v) is 4.37. The van der Waals surface area contributed by atoms with Crippen LogP contribution in [0, 0.1) is 5.82 Å². The topological polar surface area (TPSA) is 70.2 Å². The van der Waals surface area contributed by atoms with Crippen LogP contribution in [0.1, 0.15) is 13.3 Å². The number of carbonyl (C=O) groups excluding carboxylic acids is 1. The van der Waals surface area contributed by atoms with Crippen molar-refractivity contribution in [3.63, 3.8) is 0 Å². The number of aromatic hydroxyl groups is 1. The van der Waals surface area contributed by atoms with E-state index in [9.17, 15) is 14.0 Å².